The topological polar surface area (TPSA) is 108 Å². The first-order valence-electron chi connectivity index (χ1n) is 5.95. The van der Waals surface area contributed by atoms with Gasteiger partial charge in [-0.2, -0.15) is 8.42 Å². The smallest absolute Gasteiger partial charge is 0.297 e. The minimum absolute atomic E-state index is 0.0910. The van der Waals surface area contributed by atoms with Crippen LogP contribution in [0.4, 0.5) is 5.69 Å². The molecule has 0 radical (unpaired) electrons. The summed E-state index contributed by atoms with van der Waals surface area (Å²) in [5.74, 6) is 0. The van der Waals surface area contributed by atoms with E-state index in [1.807, 2.05) is 0 Å². The molecule has 0 aromatic heterocycles. The monoisotopic (exact) mass is 302 g/mol. The van der Waals surface area contributed by atoms with Crippen molar-refractivity contribution in [3.05, 3.63) is 34.4 Å². The molecule has 1 atom stereocenters. The molecule has 1 saturated heterocycles. The SMILES string of the molecule is O=[N+]([O-])c1ccc(S(=O)(=O)OCC2CNCCO2)cc1. The molecule has 0 saturated carbocycles. The first-order chi connectivity index (χ1) is 9.49. The third-order valence-electron chi connectivity index (χ3n) is 2.75. The molecule has 8 nitrogen and oxygen atoms in total. The van der Waals surface area contributed by atoms with Crippen molar-refractivity contribution in [2.45, 2.75) is 11.0 Å². The minimum atomic E-state index is -3.93. The summed E-state index contributed by atoms with van der Waals surface area (Å²) < 4.78 is 34.0. The van der Waals surface area contributed by atoms with Crippen LogP contribution in [0.2, 0.25) is 0 Å². The quantitative estimate of drug-likeness (QED) is 0.473. The van der Waals surface area contributed by atoms with Gasteiger partial charge in [-0.1, -0.05) is 0 Å². The summed E-state index contributed by atoms with van der Waals surface area (Å²) in [6.07, 6.45) is -0.323. The van der Waals surface area contributed by atoms with Gasteiger partial charge in [0.25, 0.3) is 15.8 Å². The third-order valence-corrected chi connectivity index (χ3v) is 4.05. The minimum Gasteiger partial charge on any atom is -0.373 e. The molecule has 20 heavy (non-hydrogen) atoms. The van der Waals surface area contributed by atoms with E-state index in [2.05, 4.69) is 5.32 Å². The number of nitrogens with zero attached hydrogens (tertiary/aromatic N) is 1. The van der Waals surface area contributed by atoms with E-state index in [-0.39, 0.29) is 23.3 Å². The Hall–Kier alpha value is -1.55. The molecule has 2 rings (SSSR count). The molecule has 0 aliphatic carbocycles. The molecule has 1 unspecified atom stereocenters. The predicted molar refractivity (Wildman–Crippen MR) is 68.8 cm³/mol. The van der Waals surface area contributed by atoms with E-state index in [1.54, 1.807) is 0 Å². The highest BCUT2D eigenvalue weighted by molar-refractivity contribution is 7.86. The van der Waals surface area contributed by atoms with E-state index in [0.29, 0.717) is 13.2 Å². The van der Waals surface area contributed by atoms with Crippen molar-refractivity contribution in [2.75, 3.05) is 26.3 Å². The lowest BCUT2D eigenvalue weighted by Crippen LogP contribution is -2.41. The zero-order chi connectivity index (χ0) is 14.6. The summed E-state index contributed by atoms with van der Waals surface area (Å²) in [4.78, 5) is 9.78. The van der Waals surface area contributed by atoms with Crippen LogP contribution in [-0.2, 0) is 19.0 Å². The van der Waals surface area contributed by atoms with Gasteiger partial charge < -0.3 is 10.1 Å². The van der Waals surface area contributed by atoms with Crippen LogP contribution in [0.5, 0.6) is 0 Å². The van der Waals surface area contributed by atoms with Gasteiger partial charge in [-0.15, -0.1) is 0 Å². The standard InChI is InChI=1S/C11H14N2O6S/c14-13(15)9-1-3-11(4-2-9)20(16,17)19-8-10-7-12-5-6-18-10/h1-4,10,12H,5-8H2. The van der Waals surface area contributed by atoms with E-state index in [1.165, 1.54) is 0 Å². The van der Waals surface area contributed by atoms with Crippen LogP contribution in [0.15, 0.2) is 29.2 Å². The zero-order valence-corrected chi connectivity index (χ0v) is 11.3. The highest BCUT2D eigenvalue weighted by Crippen LogP contribution is 2.18. The second kappa shape index (κ2) is 6.27. The summed E-state index contributed by atoms with van der Waals surface area (Å²) in [7, 11) is -3.93. The van der Waals surface area contributed by atoms with Crippen molar-refractivity contribution in [3.8, 4) is 0 Å². The lowest BCUT2D eigenvalue weighted by Gasteiger charge is -2.23. The Balaban J connectivity index is 2.00. The fourth-order valence-electron chi connectivity index (χ4n) is 1.69. The number of morpholine rings is 1. The van der Waals surface area contributed by atoms with Gasteiger partial charge in [0.15, 0.2) is 0 Å². The normalized spacial score (nSPS) is 19.7. The van der Waals surface area contributed by atoms with E-state index in [0.717, 1.165) is 30.8 Å². The lowest BCUT2D eigenvalue weighted by atomic mass is 10.3. The fourth-order valence-corrected chi connectivity index (χ4v) is 2.63. The van der Waals surface area contributed by atoms with Crippen LogP contribution in [0.1, 0.15) is 0 Å². The number of non-ortho nitro benzene ring substituents is 1. The first-order valence-corrected chi connectivity index (χ1v) is 7.36. The second-order valence-electron chi connectivity index (χ2n) is 4.19. The van der Waals surface area contributed by atoms with E-state index >= 15 is 0 Å². The number of rotatable bonds is 5. The Morgan fingerprint density at radius 2 is 2.10 bits per heavy atom. The lowest BCUT2D eigenvalue weighted by molar-refractivity contribution is -0.384. The average Bonchev–Trinajstić information content (AvgIpc) is 2.46. The van der Waals surface area contributed by atoms with Crippen molar-refractivity contribution in [3.63, 3.8) is 0 Å². The van der Waals surface area contributed by atoms with Crippen molar-refractivity contribution in [1.29, 1.82) is 0 Å². The summed E-state index contributed by atoms with van der Waals surface area (Å²) in [6.45, 7) is 1.67. The maximum Gasteiger partial charge on any atom is 0.297 e. The van der Waals surface area contributed by atoms with E-state index in [4.69, 9.17) is 8.92 Å². The van der Waals surface area contributed by atoms with Gasteiger partial charge >= 0.3 is 0 Å². The number of nitrogens with one attached hydrogen (secondary N) is 1. The van der Waals surface area contributed by atoms with Crippen molar-refractivity contribution >= 4 is 15.8 Å². The summed E-state index contributed by atoms with van der Waals surface area (Å²) >= 11 is 0. The van der Waals surface area contributed by atoms with E-state index in [9.17, 15) is 18.5 Å². The maximum atomic E-state index is 11.9. The van der Waals surface area contributed by atoms with Gasteiger partial charge in [-0.25, -0.2) is 0 Å². The molecule has 1 aliphatic rings. The van der Waals surface area contributed by atoms with Gasteiger partial charge in [0.1, 0.15) is 0 Å². The molecule has 1 heterocycles. The molecular formula is C11H14N2O6S. The molecule has 1 aromatic carbocycles. The van der Waals surface area contributed by atoms with Gasteiger partial charge in [0.05, 0.1) is 29.1 Å². The average molecular weight is 302 g/mol. The van der Waals surface area contributed by atoms with E-state index < -0.39 is 15.0 Å². The molecule has 1 fully saturated rings. The second-order valence-corrected chi connectivity index (χ2v) is 5.80. The number of hydrogen-bond donors (Lipinski definition) is 1. The Morgan fingerprint density at radius 3 is 2.65 bits per heavy atom. The largest absolute Gasteiger partial charge is 0.373 e. The molecular weight excluding hydrogens is 288 g/mol. The van der Waals surface area contributed by atoms with Gasteiger partial charge in [-0.3, -0.25) is 14.3 Å². The molecule has 0 spiro atoms. The molecule has 1 aliphatic heterocycles. The number of nitro groups is 1. The van der Waals surface area contributed by atoms with Crippen LogP contribution < -0.4 is 5.32 Å². The van der Waals surface area contributed by atoms with Crippen LogP contribution in [-0.4, -0.2) is 45.7 Å². The van der Waals surface area contributed by atoms with Crippen molar-refractivity contribution in [1.82, 2.24) is 5.32 Å². The Kier molecular flexibility index (Phi) is 4.65. The highest BCUT2D eigenvalue weighted by atomic mass is 32.2. The predicted octanol–water partition coefficient (Wildman–Crippen LogP) is 0.288. The van der Waals surface area contributed by atoms with Gasteiger partial charge in [0, 0.05) is 25.2 Å². The van der Waals surface area contributed by atoms with Crippen LogP contribution in [0.25, 0.3) is 0 Å². The van der Waals surface area contributed by atoms with Crippen LogP contribution >= 0.6 is 0 Å². The van der Waals surface area contributed by atoms with Gasteiger partial charge in [0.2, 0.25) is 0 Å². The molecule has 1 N–H and O–H groups in total. The molecule has 0 bridgehead atoms. The Labute approximate surface area is 116 Å². The number of nitro benzene ring substituents is 1. The summed E-state index contributed by atoms with van der Waals surface area (Å²) in [6, 6.07) is 4.53. The third kappa shape index (κ3) is 3.73. The van der Waals surface area contributed by atoms with Gasteiger partial charge in [-0.05, 0) is 12.1 Å². The highest BCUT2D eigenvalue weighted by Gasteiger charge is 2.21. The summed E-state index contributed by atoms with van der Waals surface area (Å²) in [5.41, 5.74) is -0.177. The molecule has 9 heteroatoms. The Morgan fingerprint density at radius 1 is 1.40 bits per heavy atom. The maximum absolute atomic E-state index is 11.9. The summed E-state index contributed by atoms with van der Waals surface area (Å²) in [5, 5.41) is 13.6. The van der Waals surface area contributed by atoms with Crippen LogP contribution in [0.3, 0.4) is 0 Å². The molecule has 110 valence electrons. The zero-order valence-electron chi connectivity index (χ0n) is 10.5. The number of hydrogen-bond acceptors (Lipinski definition) is 7. The first kappa shape index (κ1) is 14.9. The number of ether oxygens (including phenoxy) is 1. The fraction of sp³-hybridized carbons (Fsp3) is 0.455. The Bertz CT molecular complexity index is 565. The van der Waals surface area contributed by atoms with Crippen LogP contribution in [0, 0.1) is 10.1 Å². The number of benzene rings is 1. The van der Waals surface area contributed by atoms with Crippen molar-refractivity contribution < 1.29 is 22.3 Å². The van der Waals surface area contributed by atoms with Crippen molar-refractivity contribution in [2.24, 2.45) is 0 Å². The molecule has 0 amide bonds. The molecule has 1 aromatic rings.